The van der Waals surface area contributed by atoms with Crippen molar-refractivity contribution in [2.45, 2.75) is 33.0 Å². The minimum Gasteiger partial charge on any atom is -0.353 e. The van der Waals surface area contributed by atoms with Crippen LogP contribution in [0.4, 0.5) is 35.1 Å². The minimum absolute atomic E-state index is 0.00476. The normalized spacial score (nSPS) is 14.5. The third-order valence-electron chi connectivity index (χ3n) is 6.13. The number of anilines is 3. The Bertz CT molecular complexity index is 1210. The second kappa shape index (κ2) is 10.5. The number of piperazine rings is 1. The zero-order valence-corrected chi connectivity index (χ0v) is 21.0. The van der Waals surface area contributed by atoms with E-state index in [1.807, 2.05) is 30.6 Å². The lowest BCUT2D eigenvalue weighted by Gasteiger charge is -2.37. The summed E-state index contributed by atoms with van der Waals surface area (Å²) in [6.07, 6.45) is -3.10. The number of hydrogen-bond acceptors (Lipinski definition) is 6. The summed E-state index contributed by atoms with van der Waals surface area (Å²) in [5.41, 5.74) is 0.490. The van der Waals surface area contributed by atoms with E-state index in [1.165, 1.54) is 24.4 Å². The Labute approximate surface area is 212 Å². The zero-order chi connectivity index (χ0) is 26.0. The number of aromatic nitrogens is 3. The van der Waals surface area contributed by atoms with Crippen LogP contribution in [0.1, 0.15) is 26.3 Å². The molecule has 1 fully saturated rings. The van der Waals surface area contributed by atoms with Crippen molar-refractivity contribution in [1.29, 1.82) is 0 Å². The van der Waals surface area contributed by atoms with Gasteiger partial charge in [0.1, 0.15) is 17.5 Å². The minimum atomic E-state index is -4.48. The van der Waals surface area contributed by atoms with Crippen LogP contribution in [0.2, 0.25) is 5.02 Å². The van der Waals surface area contributed by atoms with E-state index in [1.54, 1.807) is 17.0 Å². The smallest absolute Gasteiger partial charge is 0.353 e. The summed E-state index contributed by atoms with van der Waals surface area (Å²) in [5.74, 6) is 0.584. The van der Waals surface area contributed by atoms with E-state index in [4.69, 9.17) is 21.6 Å². The molecule has 1 aliphatic rings. The Balaban J connectivity index is 1.65. The van der Waals surface area contributed by atoms with Gasteiger partial charge < -0.3 is 14.7 Å². The maximum atomic E-state index is 13.8. The standard InChI is InChI=1S/C25H27ClF4N6/c1-4-36(16(2)3)24-32-21(17-7-8-20(27)19(26)14-17)15-22(33-24)34-10-12-35(13-11-34)23-18(25(28,29)30)6-5-9-31-23/h5-9,14-16H,4,10-13H2,1-3H3. The van der Waals surface area contributed by atoms with Crippen molar-refractivity contribution >= 4 is 29.2 Å². The van der Waals surface area contributed by atoms with Gasteiger partial charge in [-0.05, 0) is 51.1 Å². The van der Waals surface area contributed by atoms with Gasteiger partial charge >= 0.3 is 6.18 Å². The molecule has 1 aromatic carbocycles. The van der Waals surface area contributed by atoms with Crippen molar-refractivity contribution < 1.29 is 17.6 Å². The van der Waals surface area contributed by atoms with Crippen LogP contribution in [-0.4, -0.2) is 53.7 Å². The molecule has 0 N–H and O–H groups in total. The largest absolute Gasteiger partial charge is 0.419 e. The van der Waals surface area contributed by atoms with Crippen molar-refractivity contribution in [1.82, 2.24) is 15.0 Å². The van der Waals surface area contributed by atoms with Gasteiger partial charge in [-0.25, -0.2) is 14.4 Å². The molecule has 0 bridgehead atoms. The van der Waals surface area contributed by atoms with Crippen molar-refractivity contribution in [3.63, 3.8) is 0 Å². The first-order valence-corrected chi connectivity index (χ1v) is 12.1. The van der Waals surface area contributed by atoms with Gasteiger partial charge in [0.25, 0.3) is 0 Å². The van der Waals surface area contributed by atoms with E-state index >= 15 is 0 Å². The highest BCUT2D eigenvalue weighted by Gasteiger charge is 2.36. The fraction of sp³-hybridized carbons (Fsp3) is 0.400. The van der Waals surface area contributed by atoms with Crippen molar-refractivity contribution in [3.8, 4) is 11.3 Å². The lowest BCUT2D eigenvalue weighted by molar-refractivity contribution is -0.137. The molecule has 2 aromatic heterocycles. The summed E-state index contributed by atoms with van der Waals surface area (Å²) < 4.78 is 54.2. The fourth-order valence-electron chi connectivity index (χ4n) is 4.27. The van der Waals surface area contributed by atoms with Gasteiger partial charge in [0.15, 0.2) is 0 Å². The van der Waals surface area contributed by atoms with Gasteiger partial charge in [-0.2, -0.15) is 18.2 Å². The molecule has 0 amide bonds. The fourth-order valence-corrected chi connectivity index (χ4v) is 4.45. The molecule has 1 saturated heterocycles. The van der Waals surface area contributed by atoms with Crippen LogP contribution in [0.5, 0.6) is 0 Å². The summed E-state index contributed by atoms with van der Waals surface area (Å²) in [6.45, 7) is 8.35. The van der Waals surface area contributed by atoms with Gasteiger partial charge in [-0.1, -0.05) is 11.6 Å². The molecule has 0 saturated carbocycles. The molecule has 1 aliphatic heterocycles. The lowest BCUT2D eigenvalue weighted by atomic mass is 10.1. The van der Waals surface area contributed by atoms with E-state index in [2.05, 4.69) is 4.98 Å². The molecule has 11 heteroatoms. The van der Waals surface area contributed by atoms with E-state index in [0.29, 0.717) is 55.7 Å². The summed E-state index contributed by atoms with van der Waals surface area (Å²) in [6, 6.07) is 8.72. The summed E-state index contributed by atoms with van der Waals surface area (Å²) >= 11 is 6.02. The number of hydrogen-bond donors (Lipinski definition) is 0. The van der Waals surface area contributed by atoms with Crippen LogP contribution in [0, 0.1) is 5.82 Å². The van der Waals surface area contributed by atoms with Gasteiger partial charge in [0.2, 0.25) is 5.95 Å². The maximum Gasteiger partial charge on any atom is 0.419 e. The zero-order valence-electron chi connectivity index (χ0n) is 20.2. The second-order valence-corrected chi connectivity index (χ2v) is 9.17. The molecule has 0 spiro atoms. The van der Waals surface area contributed by atoms with Gasteiger partial charge in [-0.15, -0.1) is 0 Å². The second-order valence-electron chi connectivity index (χ2n) is 8.77. The van der Waals surface area contributed by atoms with Gasteiger partial charge in [0.05, 0.1) is 16.3 Å². The molecular weight excluding hydrogens is 496 g/mol. The summed E-state index contributed by atoms with van der Waals surface area (Å²) in [5, 5.41) is -0.00476. The topological polar surface area (TPSA) is 48.4 Å². The highest BCUT2D eigenvalue weighted by molar-refractivity contribution is 6.31. The predicted molar refractivity (Wildman–Crippen MR) is 134 cm³/mol. The maximum absolute atomic E-state index is 13.8. The Morgan fingerprint density at radius 3 is 2.33 bits per heavy atom. The van der Waals surface area contributed by atoms with Crippen LogP contribution in [0.25, 0.3) is 11.3 Å². The first-order chi connectivity index (χ1) is 17.1. The average molecular weight is 523 g/mol. The first kappa shape index (κ1) is 25.9. The van der Waals surface area contributed by atoms with E-state index in [0.717, 1.165) is 6.07 Å². The number of halogens is 5. The number of nitrogens with zero attached hydrogens (tertiary/aromatic N) is 6. The van der Waals surface area contributed by atoms with Crippen LogP contribution in [-0.2, 0) is 6.18 Å². The summed E-state index contributed by atoms with van der Waals surface area (Å²) in [7, 11) is 0. The van der Waals surface area contributed by atoms with Crippen LogP contribution in [0.3, 0.4) is 0 Å². The predicted octanol–water partition coefficient (Wildman–Crippen LogP) is 5.91. The Morgan fingerprint density at radius 2 is 1.72 bits per heavy atom. The van der Waals surface area contributed by atoms with Crippen molar-refractivity contribution in [2.24, 2.45) is 0 Å². The number of benzene rings is 1. The molecule has 0 aliphatic carbocycles. The highest BCUT2D eigenvalue weighted by atomic mass is 35.5. The molecule has 192 valence electrons. The third kappa shape index (κ3) is 5.48. The number of pyridine rings is 1. The molecular formula is C25H27ClF4N6. The summed E-state index contributed by atoms with van der Waals surface area (Å²) in [4.78, 5) is 19.2. The Kier molecular flexibility index (Phi) is 7.54. The quantitative estimate of drug-likeness (QED) is 0.375. The third-order valence-corrected chi connectivity index (χ3v) is 6.42. The molecule has 3 aromatic rings. The van der Waals surface area contributed by atoms with E-state index < -0.39 is 17.6 Å². The molecule has 4 rings (SSSR count). The average Bonchev–Trinajstić information content (AvgIpc) is 2.85. The number of rotatable bonds is 6. The van der Waals surface area contributed by atoms with E-state index in [9.17, 15) is 17.6 Å². The van der Waals surface area contributed by atoms with Crippen molar-refractivity contribution in [2.75, 3.05) is 47.4 Å². The molecule has 0 radical (unpaired) electrons. The van der Waals surface area contributed by atoms with Gasteiger partial charge in [0, 0.05) is 56.6 Å². The molecule has 0 atom stereocenters. The molecule has 3 heterocycles. The Hall–Kier alpha value is -3.14. The van der Waals surface area contributed by atoms with Gasteiger partial charge in [-0.3, -0.25) is 0 Å². The monoisotopic (exact) mass is 522 g/mol. The highest BCUT2D eigenvalue weighted by Crippen LogP contribution is 2.36. The SMILES string of the molecule is CCN(c1nc(-c2ccc(F)c(Cl)c2)cc(N2CCN(c3ncccc3C(F)(F)F)CC2)n1)C(C)C. The molecule has 36 heavy (non-hydrogen) atoms. The van der Waals surface area contributed by atoms with Crippen LogP contribution in [0.15, 0.2) is 42.6 Å². The molecule has 6 nitrogen and oxygen atoms in total. The van der Waals surface area contributed by atoms with Crippen molar-refractivity contribution in [3.05, 3.63) is 59.0 Å². The Morgan fingerprint density at radius 1 is 1.03 bits per heavy atom. The number of alkyl halides is 3. The van der Waals surface area contributed by atoms with Crippen LogP contribution < -0.4 is 14.7 Å². The lowest BCUT2D eigenvalue weighted by Crippen LogP contribution is -2.47. The van der Waals surface area contributed by atoms with E-state index in [-0.39, 0.29) is 16.9 Å². The molecule has 0 unspecified atom stereocenters. The van der Waals surface area contributed by atoms with Crippen LogP contribution >= 0.6 is 11.6 Å². The first-order valence-electron chi connectivity index (χ1n) is 11.7.